The fraction of sp³-hybridized carbons (Fsp3) is 0.550. The number of nitrogen functional groups attached to an aromatic ring is 1. The molecular formula is C20H27N5O3. The van der Waals surface area contributed by atoms with Gasteiger partial charge >= 0.3 is 0 Å². The summed E-state index contributed by atoms with van der Waals surface area (Å²) in [7, 11) is 3.19. The molecule has 0 radical (unpaired) electrons. The normalized spacial score (nSPS) is 22.1. The summed E-state index contributed by atoms with van der Waals surface area (Å²) < 4.78 is 10.8. The molecule has 1 saturated heterocycles. The van der Waals surface area contributed by atoms with Crippen LogP contribution in [0.2, 0.25) is 0 Å². The molecule has 8 nitrogen and oxygen atoms in total. The third-order valence-corrected chi connectivity index (χ3v) is 5.96. The standard InChI is InChI=1S/C20H27N5O3/c1-12(26)24-8-9-25(16-7-5-4-6-15(16)24)20-22-14-11-18(28-3)17(27-2)10-13(14)19(21)23-20/h10-11,15-16H,4-9H2,1-3H3,(H2,21,22,23)/t15-,16+/m0/s1. The van der Waals surface area contributed by atoms with Gasteiger partial charge in [-0.2, -0.15) is 4.98 Å². The first-order chi connectivity index (χ1) is 13.5. The quantitative estimate of drug-likeness (QED) is 0.866. The highest BCUT2D eigenvalue weighted by molar-refractivity contribution is 5.91. The Kier molecular flexibility index (Phi) is 4.87. The molecule has 1 aliphatic heterocycles. The maximum Gasteiger partial charge on any atom is 0.228 e. The van der Waals surface area contributed by atoms with E-state index in [-0.39, 0.29) is 18.0 Å². The number of nitrogens with zero attached hydrogens (tertiary/aromatic N) is 4. The van der Waals surface area contributed by atoms with Crippen molar-refractivity contribution >= 4 is 28.6 Å². The van der Waals surface area contributed by atoms with Crippen molar-refractivity contribution in [2.24, 2.45) is 0 Å². The minimum atomic E-state index is 0.146. The van der Waals surface area contributed by atoms with E-state index in [9.17, 15) is 4.79 Å². The Labute approximate surface area is 164 Å². The summed E-state index contributed by atoms with van der Waals surface area (Å²) in [5, 5.41) is 0.740. The van der Waals surface area contributed by atoms with Crippen molar-refractivity contribution < 1.29 is 14.3 Å². The number of anilines is 2. The van der Waals surface area contributed by atoms with Gasteiger partial charge in [0.25, 0.3) is 0 Å². The maximum atomic E-state index is 12.1. The van der Waals surface area contributed by atoms with E-state index < -0.39 is 0 Å². The molecule has 1 aromatic carbocycles. The van der Waals surface area contributed by atoms with Gasteiger partial charge in [0.05, 0.1) is 31.8 Å². The zero-order chi connectivity index (χ0) is 19.8. The molecule has 28 heavy (non-hydrogen) atoms. The second kappa shape index (κ2) is 7.33. The van der Waals surface area contributed by atoms with Crippen molar-refractivity contribution in [1.29, 1.82) is 0 Å². The van der Waals surface area contributed by atoms with Crippen LogP contribution in [0.25, 0.3) is 10.9 Å². The van der Waals surface area contributed by atoms with Crippen LogP contribution in [0.3, 0.4) is 0 Å². The van der Waals surface area contributed by atoms with Crippen LogP contribution in [0.4, 0.5) is 11.8 Å². The number of nitrogens with two attached hydrogens (primary N) is 1. The van der Waals surface area contributed by atoms with Crippen molar-refractivity contribution in [1.82, 2.24) is 14.9 Å². The molecule has 1 saturated carbocycles. The number of carbonyl (C=O) groups is 1. The summed E-state index contributed by atoms with van der Waals surface area (Å²) in [5.74, 6) is 2.39. The van der Waals surface area contributed by atoms with Crippen LogP contribution in [0.1, 0.15) is 32.6 Å². The molecule has 8 heteroatoms. The Bertz CT molecular complexity index is 903. The SMILES string of the molecule is COc1cc2nc(N3CCN(C(C)=O)[C@H]4CCCC[C@H]43)nc(N)c2cc1OC. The molecular weight excluding hydrogens is 358 g/mol. The Balaban J connectivity index is 1.75. The Hall–Kier alpha value is -2.77. The van der Waals surface area contributed by atoms with Crippen LogP contribution in [0.15, 0.2) is 12.1 Å². The molecule has 2 atom stereocenters. The third-order valence-electron chi connectivity index (χ3n) is 5.96. The summed E-state index contributed by atoms with van der Waals surface area (Å²) in [6.45, 7) is 3.05. The van der Waals surface area contributed by atoms with E-state index in [4.69, 9.17) is 20.2 Å². The molecule has 2 aromatic rings. The van der Waals surface area contributed by atoms with Crippen molar-refractivity contribution in [3.05, 3.63) is 12.1 Å². The lowest BCUT2D eigenvalue weighted by Gasteiger charge is -2.49. The molecule has 1 aliphatic carbocycles. The van der Waals surface area contributed by atoms with Gasteiger partial charge in [0.15, 0.2) is 11.5 Å². The topological polar surface area (TPSA) is 93.8 Å². The van der Waals surface area contributed by atoms with Gasteiger partial charge in [-0.25, -0.2) is 4.98 Å². The summed E-state index contributed by atoms with van der Waals surface area (Å²) in [6, 6.07) is 4.08. The highest BCUT2D eigenvalue weighted by Crippen LogP contribution is 2.36. The van der Waals surface area contributed by atoms with Gasteiger partial charge in [-0.15, -0.1) is 0 Å². The smallest absolute Gasteiger partial charge is 0.228 e. The number of rotatable bonds is 3. The average Bonchev–Trinajstić information content (AvgIpc) is 2.71. The van der Waals surface area contributed by atoms with Crippen molar-refractivity contribution in [2.75, 3.05) is 37.9 Å². The predicted molar refractivity (Wildman–Crippen MR) is 108 cm³/mol. The number of hydrogen-bond acceptors (Lipinski definition) is 7. The van der Waals surface area contributed by atoms with Gasteiger partial charge in [0, 0.05) is 31.5 Å². The number of benzene rings is 1. The zero-order valence-electron chi connectivity index (χ0n) is 16.6. The monoisotopic (exact) mass is 385 g/mol. The average molecular weight is 385 g/mol. The molecule has 1 amide bonds. The second-order valence-corrected chi connectivity index (χ2v) is 7.46. The van der Waals surface area contributed by atoms with Crippen molar-refractivity contribution in [3.8, 4) is 11.5 Å². The fourth-order valence-electron chi connectivity index (χ4n) is 4.60. The highest BCUT2D eigenvalue weighted by Gasteiger charge is 2.40. The molecule has 2 fully saturated rings. The summed E-state index contributed by atoms with van der Waals surface area (Å²) >= 11 is 0. The first-order valence-electron chi connectivity index (χ1n) is 9.76. The minimum Gasteiger partial charge on any atom is -0.493 e. The first-order valence-corrected chi connectivity index (χ1v) is 9.76. The largest absolute Gasteiger partial charge is 0.493 e. The Morgan fingerprint density at radius 3 is 2.43 bits per heavy atom. The van der Waals surface area contributed by atoms with Crippen LogP contribution >= 0.6 is 0 Å². The van der Waals surface area contributed by atoms with E-state index in [1.165, 1.54) is 0 Å². The van der Waals surface area contributed by atoms with E-state index in [0.29, 0.717) is 36.4 Å². The summed E-state index contributed by atoms with van der Waals surface area (Å²) in [4.78, 5) is 25.7. The first kappa shape index (κ1) is 18.6. The fourth-order valence-corrected chi connectivity index (χ4v) is 4.60. The summed E-state index contributed by atoms with van der Waals surface area (Å²) in [6.07, 6.45) is 4.35. The number of piperazine rings is 1. The van der Waals surface area contributed by atoms with Crippen LogP contribution < -0.4 is 20.1 Å². The number of fused-ring (bicyclic) bond motifs is 2. The molecule has 2 aliphatic rings. The van der Waals surface area contributed by atoms with Gasteiger partial charge in [0.1, 0.15) is 5.82 Å². The number of carbonyl (C=O) groups excluding carboxylic acids is 1. The van der Waals surface area contributed by atoms with Crippen LogP contribution in [0, 0.1) is 0 Å². The van der Waals surface area contributed by atoms with E-state index in [1.54, 1.807) is 21.1 Å². The number of hydrogen-bond donors (Lipinski definition) is 1. The maximum absolute atomic E-state index is 12.1. The molecule has 0 unspecified atom stereocenters. The molecule has 0 bridgehead atoms. The number of methoxy groups -OCH3 is 2. The molecule has 1 aromatic heterocycles. The van der Waals surface area contributed by atoms with Gasteiger partial charge < -0.3 is 25.0 Å². The van der Waals surface area contributed by atoms with E-state index in [2.05, 4.69) is 9.88 Å². The highest BCUT2D eigenvalue weighted by atomic mass is 16.5. The Morgan fingerprint density at radius 2 is 1.75 bits per heavy atom. The molecule has 4 rings (SSSR count). The van der Waals surface area contributed by atoms with Crippen LogP contribution in [-0.4, -0.2) is 60.2 Å². The van der Waals surface area contributed by atoms with Crippen molar-refractivity contribution in [2.45, 2.75) is 44.7 Å². The second-order valence-electron chi connectivity index (χ2n) is 7.46. The van der Waals surface area contributed by atoms with Gasteiger partial charge in [0.2, 0.25) is 11.9 Å². The van der Waals surface area contributed by atoms with Crippen LogP contribution in [0.5, 0.6) is 11.5 Å². The lowest BCUT2D eigenvalue weighted by molar-refractivity contribution is -0.133. The molecule has 150 valence electrons. The van der Waals surface area contributed by atoms with Crippen LogP contribution in [-0.2, 0) is 4.79 Å². The van der Waals surface area contributed by atoms with Crippen molar-refractivity contribution in [3.63, 3.8) is 0 Å². The van der Waals surface area contributed by atoms with E-state index in [0.717, 1.165) is 36.6 Å². The molecule has 2 heterocycles. The van der Waals surface area contributed by atoms with Gasteiger partial charge in [-0.05, 0) is 18.9 Å². The number of ether oxygens (including phenoxy) is 2. The molecule has 2 N–H and O–H groups in total. The number of aromatic nitrogens is 2. The zero-order valence-corrected chi connectivity index (χ0v) is 16.6. The molecule has 0 spiro atoms. The van der Waals surface area contributed by atoms with Gasteiger partial charge in [-0.3, -0.25) is 4.79 Å². The lowest BCUT2D eigenvalue weighted by atomic mass is 9.86. The third kappa shape index (κ3) is 3.06. The predicted octanol–water partition coefficient (Wildman–Crippen LogP) is 2.21. The number of amides is 1. The summed E-state index contributed by atoms with van der Waals surface area (Å²) in [5.41, 5.74) is 7.01. The lowest BCUT2D eigenvalue weighted by Crippen LogP contribution is -2.62. The Morgan fingerprint density at radius 1 is 1.07 bits per heavy atom. The minimum absolute atomic E-state index is 0.146. The van der Waals surface area contributed by atoms with E-state index >= 15 is 0 Å². The van der Waals surface area contributed by atoms with E-state index in [1.807, 2.05) is 17.0 Å². The van der Waals surface area contributed by atoms with Gasteiger partial charge in [-0.1, -0.05) is 12.8 Å².